The van der Waals surface area contributed by atoms with E-state index in [2.05, 4.69) is 4.98 Å². The summed E-state index contributed by atoms with van der Waals surface area (Å²) in [5.41, 5.74) is 0.420. The standard InChI is InChI=1S/C11H15NO3/c1-14-9-7-12-10(15-2)5-8(9)6-11(13)3-4-11/h5,7,13H,3-4,6H2,1-2H3. The third-order valence-corrected chi connectivity index (χ3v) is 2.70. The molecule has 1 N–H and O–H groups in total. The fraction of sp³-hybridized carbons (Fsp3) is 0.545. The van der Waals surface area contributed by atoms with Crippen LogP contribution in [0.5, 0.6) is 11.6 Å². The van der Waals surface area contributed by atoms with Crippen molar-refractivity contribution in [1.29, 1.82) is 0 Å². The second-order valence-corrected chi connectivity index (χ2v) is 3.94. The van der Waals surface area contributed by atoms with E-state index < -0.39 is 5.60 Å². The van der Waals surface area contributed by atoms with Crippen LogP contribution in [-0.2, 0) is 6.42 Å². The topological polar surface area (TPSA) is 51.6 Å². The van der Waals surface area contributed by atoms with Gasteiger partial charge in [-0.2, -0.15) is 0 Å². The number of aromatic nitrogens is 1. The van der Waals surface area contributed by atoms with Gasteiger partial charge in [-0.3, -0.25) is 0 Å². The molecule has 1 fully saturated rings. The maximum Gasteiger partial charge on any atom is 0.213 e. The molecule has 0 atom stereocenters. The van der Waals surface area contributed by atoms with Gasteiger partial charge in [0.25, 0.3) is 0 Å². The van der Waals surface area contributed by atoms with Crippen molar-refractivity contribution in [2.24, 2.45) is 0 Å². The molecule has 15 heavy (non-hydrogen) atoms. The Balaban J connectivity index is 2.25. The maximum absolute atomic E-state index is 9.85. The third kappa shape index (κ3) is 2.21. The van der Waals surface area contributed by atoms with Crippen molar-refractivity contribution in [3.8, 4) is 11.6 Å². The van der Waals surface area contributed by atoms with Crippen molar-refractivity contribution in [2.45, 2.75) is 24.9 Å². The highest BCUT2D eigenvalue weighted by molar-refractivity contribution is 5.36. The first-order chi connectivity index (χ1) is 7.17. The van der Waals surface area contributed by atoms with Gasteiger partial charge in [-0.15, -0.1) is 0 Å². The van der Waals surface area contributed by atoms with Gasteiger partial charge in [0.2, 0.25) is 5.88 Å². The SMILES string of the molecule is COc1cc(CC2(O)CC2)c(OC)cn1. The van der Waals surface area contributed by atoms with E-state index in [1.807, 2.05) is 6.07 Å². The Kier molecular flexibility index (Phi) is 2.52. The van der Waals surface area contributed by atoms with Crippen LogP contribution in [0.2, 0.25) is 0 Å². The number of methoxy groups -OCH3 is 2. The number of rotatable bonds is 4. The number of nitrogens with zero attached hydrogens (tertiary/aromatic N) is 1. The third-order valence-electron chi connectivity index (χ3n) is 2.70. The van der Waals surface area contributed by atoms with Gasteiger partial charge in [-0.25, -0.2) is 4.98 Å². The first kappa shape index (κ1) is 10.2. The molecule has 1 aromatic heterocycles. The van der Waals surface area contributed by atoms with E-state index in [1.165, 1.54) is 0 Å². The van der Waals surface area contributed by atoms with Crippen molar-refractivity contribution < 1.29 is 14.6 Å². The molecular weight excluding hydrogens is 194 g/mol. The first-order valence-corrected chi connectivity index (χ1v) is 4.96. The summed E-state index contributed by atoms with van der Waals surface area (Å²) in [5, 5.41) is 9.85. The molecule has 4 nitrogen and oxygen atoms in total. The van der Waals surface area contributed by atoms with E-state index in [9.17, 15) is 5.11 Å². The summed E-state index contributed by atoms with van der Waals surface area (Å²) in [6.45, 7) is 0. The van der Waals surface area contributed by atoms with Crippen molar-refractivity contribution in [3.05, 3.63) is 17.8 Å². The van der Waals surface area contributed by atoms with E-state index in [0.29, 0.717) is 18.1 Å². The van der Waals surface area contributed by atoms with Crippen LogP contribution in [0.1, 0.15) is 18.4 Å². The molecule has 1 aliphatic rings. The summed E-state index contributed by atoms with van der Waals surface area (Å²) in [5.74, 6) is 1.26. The molecule has 0 aromatic carbocycles. The quantitative estimate of drug-likeness (QED) is 0.808. The molecule has 4 heteroatoms. The van der Waals surface area contributed by atoms with E-state index in [1.54, 1.807) is 20.4 Å². The number of hydrogen-bond acceptors (Lipinski definition) is 4. The monoisotopic (exact) mass is 209 g/mol. The van der Waals surface area contributed by atoms with Crippen LogP contribution in [0.3, 0.4) is 0 Å². The second kappa shape index (κ2) is 3.70. The van der Waals surface area contributed by atoms with Crippen LogP contribution in [-0.4, -0.2) is 29.9 Å². The largest absolute Gasteiger partial charge is 0.495 e. The highest BCUT2D eigenvalue weighted by atomic mass is 16.5. The number of aliphatic hydroxyl groups is 1. The number of ether oxygens (including phenoxy) is 2. The minimum Gasteiger partial charge on any atom is -0.495 e. The van der Waals surface area contributed by atoms with Crippen LogP contribution >= 0.6 is 0 Å². The number of hydrogen-bond donors (Lipinski definition) is 1. The molecule has 2 rings (SSSR count). The van der Waals surface area contributed by atoms with Crippen molar-refractivity contribution >= 4 is 0 Å². The zero-order chi connectivity index (χ0) is 10.9. The zero-order valence-corrected chi connectivity index (χ0v) is 8.99. The second-order valence-electron chi connectivity index (χ2n) is 3.94. The van der Waals surface area contributed by atoms with Gasteiger partial charge in [0.1, 0.15) is 5.75 Å². The Morgan fingerprint density at radius 3 is 2.67 bits per heavy atom. The van der Waals surface area contributed by atoms with Gasteiger partial charge in [0.15, 0.2) is 0 Å². The maximum atomic E-state index is 9.85. The van der Waals surface area contributed by atoms with Crippen LogP contribution in [0, 0.1) is 0 Å². The lowest BCUT2D eigenvalue weighted by atomic mass is 10.1. The Bertz CT molecular complexity index is 361. The zero-order valence-electron chi connectivity index (χ0n) is 8.99. The Morgan fingerprint density at radius 1 is 1.40 bits per heavy atom. The van der Waals surface area contributed by atoms with Crippen LogP contribution in [0.4, 0.5) is 0 Å². The van der Waals surface area contributed by atoms with Gasteiger partial charge in [0, 0.05) is 18.1 Å². The summed E-state index contributed by atoms with van der Waals surface area (Å²) < 4.78 is 10.2. The fourth-order valence-electron chi connectivity index (χ4n) is 1.57. The van der Waals surface area contributed by atoms with Gasteiger partial charge in [-0.05, 0) is 12.8 Å². The molecule has 1 aromatic rings. The lowest BCUT2D eigenvalue weighted by molar-refractivity contribution is 0.149. The molecule has 0 spiro atoms. The minimum absolute atomic E-state index is 0.528. The molecule has 0 saturated heterocycles. The highest BCUT2D eigenvalue weighted by Crippen LogP contribution is 2.40. The Hall–Kier alpha value is -1.29. The summed E-state index contributed by atoms with van der Waals surface area (Å²) >= 11 is 0. The molecule has 1 saturated carbocycles. The van der Waals surface area contributed by atoms with Gasteiger partial charge in [-0.1, -0.05) is 0 Å². The van der Waals surface area contributed by atoms with Crippen LogP contribution < -0.4 is 9.47 Å². The van der Waals surface area contributed by atoms with E-state index in [-0.39, 0.29) is 0 Å². The lowest BCUT2D eigenvalue weighted by Gasteiger charge is -2.12. The molecule has 0 bridgehead atoms. The smallest absolute Gasteiger partial charge is 0.213 e. The van der Waals surface area contributed by atoms with Gasteiger partial charge >= 0.3 is 0 Å². The molecule has 0 amide bonds. The molecule has 0 unspecified atom stereocenters. The molecule has 82 valence electrons. The number of pyridine rings is 1. The Labute approximate surface area is 88.9 Å². The lowest BCUT2D eigenvalue weighted by Crippen LogP contribution is -2.12. The molecule has 0 aliphatic heterocycles. The molecule has 0 radical (unpaired) electrons. The Morgan fingerprint density at radius 2 is 2.13 bits per heavy atom. The van der Waals surface area contributed by atoms with E-state index >= 15 is 0 Å². The predicted molar refractivity (Wildman–Crippen MR) is 55.2 cm³/mol. The van der Waals surface area contributed by atoms with Gasteiger partial charge in [0.05, 0.1) is 26.0 Å². The molecular formula is C11H15NO3. The molecule has 1 heterocycles. The van der Waals surface area contributed by atoms with Crippen LogP contribution in [0.25, 0.3) is 0 Å². The summed E-state index contributed by atoms with van der Waals surface area (Å²) in [6, 6.07) is 1.81. The summed E-state index contributed by atoms with van der Waals surface area (Å²) in [6.07, 6.45) is 3.95. The normalized spacial score (nSPS) is 17.3. The van der Waals surface area contributed by atoms with Crippen molar-refractivity contribution in [3.63, 3.8) is 0 Å². The fourth-order valence-corrected chi connectivity index (χ4v) is 1.57. The van der Waals surface area contributed by atoms with E-state index in [0.717, 1.165) is 18.4 Å². The van der Waals surface area contributed by atoms with E-state index in [4.69, 9.17) is 9.47 Å². The average molecular weight is 209 g/mol. The van der Waals surface area contributed by atoms with Gasteiger partial charge < -0.3 is 14.6 Å². The van der Waals surface area contributed by atoms with Crippen LogP contribution in [0.15, 0.2) is 12.3 Å². The summed E-state index contributed by atoms with van der Waals surface area (Å²) in [7, 11) is 3.17. The van der Waals surface area contributed by atoms with Crippen molar-refractivity contribution in [1.82, 2.24) is 4.98 Å². The highest BCUT2D eigenvalue weighted by Gasteiger charge is 2.40. The average Bonchev–Trinajstić information content (AvgIpc) is 2.96. The first-order valence-electron chi connectivity index (χ1n) is 4.96. The van der Waals surface area contributed by atoms with Crippen molar-refractivity contribution in [2.75, 3.05) is 14.2 Å². The summed E-state index contributed by atoms with van der Waals surface area (Å²) in [4.78, 5) is 4.05. The molecule has 1 aliphatic carbocycles. The minimum atomic E-state index is -0.528. The predicted octanol–water partition coefficient (Wildman–Crippen LogP) is 1.17.